The molecule has 8 heteroatoms. The number of pyridine rings is 1. The molecule has 0 aliphatic rings. The number of para-hydroxylation sites is 1. The van der Waals surface area contributed by atoms with Crippen LogP contribution in [0.4, 0.5) is 5.13 Å². The van der Waals surface area contributed by atoms with Crippen molar-refractivity contribution in [2.75, 3.05) is 11.2 Å². The van der Waals surface area contributed by atoms with Crippen molar-refractivity contribution in [3.8, 4) is 0 Å². The van der Waals surface area contributed by atoms with E-state index in [1.807, 2.05) is 36.4 Å². The van der Waals surface area contributed by atoms with Gasteiger partial charge in [-0.25, -0.2) is 13.4 Å². The smallest absolute Gasteiger partial charge is 0.260 e. The van der Waals surface area contributed by atoms with Crippen LogP contribution in [0.5, 0.6) is 0 Å². The Morgan fingerprint density at radius 3 is 2.58 bits per heavy atom. The molecule has 158 valence electrons. The number of aromatic nitrogens is 2. The van der Waals surface area contributed by atoms with E-state index in [0.29, 0.717) is 10.8 Å². The van der Waals surface area contributed by atoms with E-state index in [9.17, 15) is 13.2 Å². The summed E-state index contributed by atoms with van der Waals surface area (Å²) in [6, 6.07) is 17.6. The minimum absolute atomic E-state index is 0.105. The summed E-state index contributed by atoms with van der Waals surface area (Å²) < 4.78 is 25.0. The first-order valence-electron chi connectivity index (χ1n) is 9.77. The van der Waals surface area contributed by atoms with Crippen LogP contribution in [0.2, 0.25) is 0 Å². The molecule has 0 saturated carbocycles. The van der Waals surface area contributed by atoms with Gasteiger partial charge in [0.2, 0.25) is 0 Å². The number of amides is 1. The van der Waals surface area contributed by atoms with Gasteiger partial charge >= 0.3 is 0 Å². The van der Waals surface area contributed by atoms with Crippen LogP contribution in [0.25, 0.3) is 10.2 Å². The molecule has 0 atom stereocenters. The minimum Gasteiger partial charge on any atom is -0.278 e. The molecule has 2 aromatic carbocycles. The predicted molar refractivity (Wildman–Crippen MR) is 123 cm³/mol. The molecule has 31 heavy (non-hydrogen) atoms. The summed E-state index contributed by atoms with van der Waals surface area (Å²) in [5.74, 6) is -0.326. The number of thiazole rings is 1. The molecule has 2 aromatic heterocycles. The van der Waals surface area contributed by atoms with E-state index in [0.717, 1.165) is 28.5 Å². The number of carbonyl (C=O) groups excluding carboxylic acids is 1. The van der Waals surface area contributed by atoms with Gasteiger partial charge in [-0.2, -0.15) is 0 Å². The second kappa shape index (κ2) is 8.56. The van der Waals surface area contributed by atoms with Gasteiger partial charge in [-0.3, -0.25) is 14.7 Å². The molecule has 0 aliphatic heterocycles. The summed E-state index contributed by atoms with van der Waals surface area (Å²) in [7, 11) is -3.43. The molecule has 0 fully saturated rings. The number of fused-ring (bicyclic) bond motifs is 1. The predicted octanol–water partition coefficient (Wildman–Crippen LogP) is 4.50. The molecule has 0 saturated heterocycles. The normalized spacial score (nSPS) is 11.5. The van der Waals surface area contributed by atoms with Gasteiger partial charge < -0.3 is 0 Å². The number of nitrogens with zero attached hydrogens (tertiary/aromatic N) is 3. The van der Waals surface area contributed by atoms with E-state index in [1.165, 1.54) is 23.5 Å². The van der Waals surface area contributed by atoms with Gasteiger partial charge in [-0.05, 0) is 48.4 Å². The second-order valence-corrected chi connectivity index (χ2v) is 10.2. The number of aryl methyl sites for hydroxylation is 1. The number of hydrogen-bond donors (Lipinski definition) is 0. The maximum Gasteiger partial charge on any atom is 0.260 e. The molecule has 0 bridgehead atoms. The van der Waals surface area contributed by atoms with Crippen molar-refractivity contribution in [3.63, 3.8) is 0 Å². The van der Waals surface area contributed by atoms with Crippen LogP contribution < -0.4 is 4.90 Å². The van der Waals surface area contributed by atoms with Gasteiger partial charge in [0, 0.05) is 18.0 Å². The van der Waals surface area contributed by atoms with E-state index in [4.69, 9.17) is 4.98 Å². The number of sulfone groups is 1. The number of hydrogen-bond acceptors (Lipinski definition) is 6. The highest BCUT2D eigenvalue weighted by atomic mass is 32.2. The summed E-state index contributed by atoms with van der Waals surface area (Å²) >= 11 is 1.43. The fourth-order valence-electron chi connectivity index (χ4n) is 3.29. The monoisotopic (exact) mass is 451 g/mol. The van der Waals surface area contributed by atoms with Gasteiger partial charge in [-0.15, -0.1) is 0 Å². The zero-order valence-corrected chi connectivity index (χ0v) is 18.8. The third kappa shape index (κ3) is 4.50. The lowest BCUT2D eigenvalue weighted by molar-refractivity contribution is 0.0984. The van der Waals surface area contributed by atoms with Gasteiger partial charge in [0.25, 0.3) is 5.91 Å². The summed E-state index contributed by atoms with van der Waals surface area (Å²) in [5.41, 5.74) is 3.00. The van der Waals surface area contributed by atoms with Crippen LogP contribution in [0, 0.1) is 0 Å². The van der Waals surface area contributed by atoms with Crippen molar-refractivity contribution in [3.05, 3.63) is 83.7 Å². The summed E-state index contributed by atoms with van der Waals surface area (Å²) in [4.78, 5) is 24.3. The van der Waals surface area contributed by atoms with Crippen molar-refractivity contribution in [1.29, 1.82) is 0 Å². The van der Waals surface area contributed by atoms with E-state index in [1.54, 1.807) is 23.2 Å². The Balaban J connectivity index is 1.81. The highest BCUT2D eigenvalue weighted by molar-refractivity contribution is 7.90. The van der Waals surface area contributed by atoms with Crippen molar-refractivity contribution >= 4 is 42.4 Å². The van der Waals surface area contributed by atoms with E-state index < -0.39 is 9.84 Å². The molecular weight excluding hydrogens is 430 g/mol. The quantitative estimate of drug-likeness (QED) is 0.431. The lowest BCUT2D eigenvalue weighted by Crippen LogP contribution is -2.30. The Morgan fingerprint density at radius 1 is 1.06 bits per heavy atom. The average molecular weight is 452 g/mol. The third-order valence-electron chi connectivity index (χ3n) is 4.90. The molecule has 0 N–H and O–H groups in total. The van der Waals surface area contributed by atoms with Crippen molar-refractivity contribution in [2.45, 2.75) is 24.8 Å². The minimum atomic E-state index is -3.43. The second-order valence-electron chi connectivity index (χ2n) is 7.13. The molecule has 0 aliphatic carbocycles. The average Bonchev–Trinajstić information content (AvgIpc) is 3.21. The highest BCUT2D eigenvalue weighted by Gasteiger charge is 2.23. The summed E-state index contributed by atoms with van der Waals surface area (Å²) in [5, 5.41) is 0.552. The third-order valence-corrected chi connectivity index (χ3v) is 7.06. The number of carbonyl (C=O) groups is 1. The fraction of sp³-hybridized carbons (Fsp3) is 0.174. The number of rotatable bonds is 6. The highest BCUT2D eigenvalue weighted by Crippen LogP contribution is 2.32. The maximum absolute atomic E-state index is 13.5. The van der Waals surface area contributed by atoms with Gasteiger partial charge in [-0.1, -0.05) is 42.5 Å². The lowest BCUT2D eigenvalue weighted by Gasteiger charge is -2.20. The first kappa shape index (κ1) is 21.1. The topological polar surface area (TPSA) is 80.2 Å². The molecule has 6 nitrogen and oxygen atoms in total. The summed E-state index contributed by atoms with van der Waals surface area (Å²) in [6.07, 6.45) is 3.64. The molecular formula is C23H21N3O3S2. The molecule has 4 rings (SSSR count). The van der Waals surface area contributed by atoms with E-state index in [2.05, 4.69) is 11.9 Å². The Labute approximate surface area is 185 Å². The Morgan fingerprint density at radius 2 is 1.87 bits per heavy atom. The zero-order chi connectivity index (χ0) is 22.0. The van der Waals surface area contributed by atoms with Gasteiger partial charge in [0.05, 0.1) is 27.4 Å². The molecule has 0 unspecified atom stereocenters. The first-order chi connectivity index (χ1) is 14.9. The van der Waals surface area contributed by atoms with Gasteiger partial charge in [0.15, 0.2) is 15.0 Å². The van der Waals surface area contributed by atoms with Crippen LogP contribution in [0.3, 0.4) is 0 Å². The first-order valence-corrected chi connectivity index (χ1v) is 12.5. The maximum atomic E-state index is 13.5. The molecule has 0 spiro atoms. The zero-order valence-electron chi connectivity index (χ0n) is 17.1. The van der Waals surface area contributed by atoms with Crippen molar-refractivity contribution < 1.29 is 13.2 Å². The summed E-state index contributed by atoms with van der Waals surface area (Å²) in [6.45, 7) is 2.30. The van der Waals surface area contributed by atoms with Crippen molar-refractivity contribution in [2.24, 2.45) is 0 Å². The fourth-order valence-corrected chi connectivity index (χ4v) is 4.97. The van der Waals surface area contributed by atoms with Crippen LogP contribution in [0.1, 0.15) is 28.5 Å². The standard InChI is InChI=1S/C23H21N3O3S2/c1-3-16-8-7-12-20-21(16)25-23(30-20)26(15-18-10-4-5-13-24-18)22(27)17-9-6-11-19(14-17)31(2,28)29/h4-14H,3,15H2,1-2H3. The number of anilines is 1. The lowest BCUT2D eigenvalue weighted by atomic mass is 10.1. The van der Waals surface area contributed by atoms with Crippen LogP contribution in [-0.2, 0) is 22.8 Å². The van der Waals surface area contributed by atoms with Crippen LogP contribution >= 0.6 is 11.3 Å². The molecule has 4 aromatic rings. The van der Waals surface area contributed by atoms with Crippen molar-refractivity contribution in [1.82, 2.24) is 9.97 Å². The number of benzene rings is 2. The van der Waals surface area contributed by atoms with E-state index in [-0.39, 0.29) is 22.9 Å². The Bertz CT molecular complexity index is 1350. The largest absolute Gasteiger partial charge is 0.278 e. The Hall–Kier alpha value is -3.10. The van der Waals surface area contributed by atoms with Crippen LogP contribution in [0.15, 0.2) is 71.8 Å². The van der Waals surface area contributed by atoms with E-state index >= 15 is 0 Å². The molecule has 2 heterocycles. The van der Waals surface area contributed by atoms with Gasteiger partial charge in [0.1, 0.15) is 0 Å². The Kier molecular flexibility index (Phi) is 5.84. The molecule has 0 radical (unpaired) electrons. The molecule has 1 amide bonds. The van der Waals surface area contributed by atoms with Crippen LogP contribution in [-0.4, -0.2) is 30.5 Å². The SMILES string of the molecule is CCc1cccc2sc(N(Cc3ccccn3)C(=O)c3cccc(S(C)(=O)=O)c3)nc12.